The second kappa shape index (κ2) is 11.8. The maximum Gasteiger partial charge on any atom is 0.175 e. The van der Waals surface area contributed by atoms with Crippen molar-refractivity contribution in [3.05, 3.63) is 102 Å². The Bertz CT molecular complexity index is 1160. The van der Waals surface area contributed by atoms with E-state index < -0.39 is 9.84 Å². The Kier molecular flexibility index (Phi) is 8.55. The van der Waals surface area contributed by atoms with Crippen LogP contribution in [0.1, 0.15) is 29.0 Å². The molecule has 1 saturated heterocycles. The van der Waals surface area contributed by atoms with Crippen LogP contribution in [0.25, 0.3) is 0 Å². The third-order valence-corrected chi connectivity index (χ3v) is 8.03. The molecule has 4 rings (SSSR count). The minimum Gasteiger partial charge on any atom is -0.362 e. The average molecular weight is 508 g/mol. The quantitative estimate of drug-likeness (QED) is 0.481. The topological polar surface area (TPSA) is 52.7 Å². The molecule has 1 aliphatic rings. The molecule has 7 heteroatoms. The van der Waals surface area contributed by atoms with Gasteiger partial charge >= 0.3 is 0 Å². The SMILES string of the molecule is CS(=O)(=O)c1ccc(CN2CCCN(C(=S)NCC(c3ccccc3)c3ccccc3)CC2)cc1. The van der Waals surface area contributed by atoms with Crippen LogP contribution in [-0.2, 0) is 16.4 Å². The van der Waals surface area contributed by atoms with Gasteiger partial charge in [-0.15, -0.1) is 0 Å². The third kappa shape index (κ3) is 7.13. The molecule has 0 atom stereocenters. The molecule has 0 saturated carbocycles. The zero-order chi connectivity index (χ0) is 24.7. The Morgan fingerprint density at radius 3 is 2.03 bits per heavy atom. The smallest absolute Gasteiger partial charge is 0.175 e. The van der Waals surface area contributed by atoms with Gasteiger partial charge in [0.1, 0.15) is 0 Å². The number of benzene rings is 3. The van der Waals surface area contributed by atoms with Gasteiger partial charge in [-0.1, -0.05) is 72.8 Å². The predicted octanol–water partition coefficient (Wildman–Crippen LogP) is 4.30. The highest BCUT2D eigenvalue weighted by molar-refractivity contribution is 7.90. The maximum absolute atomic E-state index is 11.7. The molecule has 0 unspecified atom stereocenters. The van der Waals surface area contributed by atoms with Crippen LogP contribution in [0.2, 0.25) is 0 Å². The van der Waals surface area contributed by atoms with Crippen molar-refractivity contribution < 1.29 is 8.42 Å². The first-order chi connectivity index (χ1) is 16.9. The van der Waals surface area contributed by atoms with Crippen LogP contribution in [0.15, 0.2) is 89.8 Å². The number of thiocarbonyl (C=S) groups is 1. The van der Waals surface area contributed by atoms with Crippen molar-refractivity contribution in [2.45, 2.75) is 23.8 Å². The molecule has 3 aromatic carbocycles. The van der Waals surface area contributed by atoms with E-state index in [1.165, 1.54) is 17.4 Å². The van der Waals surface area contributed by atoms with Gasteiger partial charge in [-0.05, 0) is 47.5 Å². The van der Waals surface area contributed by atoms with Crippen LogP contribution in [0.5, 0.6) is 0 Å². The summed E-state index contributed by atoms with van der Waals surface area (Å²) < 4.78 is 23.4. The fourth-order valence-electron chi connectivity index (χ4n) is 4.53. The van der Waals surface area contributed by atoms with E-state index in [0.717, 1.165) is 56.4 Å². The molecule has 0 radical (unpaired) electrons. The van der Waals surface area contributed by atoms with E-state index in [1.807, 2.05) is 24.3 Å². The summed E-state index contributed by atoms with van der Waals surface area (Å²) in [5, 5.41) is 4.35. The van der Waals surface area contributed by atoms with Crippen molar-refractivity contribution in [1.82, 2.24) is 15.1 Å². The highest BCUT2D eigenvalue weighted by atomic mass is 32.2. The summed E-state index contributed by atoms with van der Waals surface area (Å²) in [5.41, 5.74) is 3.68. The standard InChI is InChI=1S/C28H33N3O2S2/c1-35(32,33)26-15-13-23(14-16-26)22-30-17-8-18-31(20-19-30)28(34)29-21-27(24-9-4-2-5-10-24)25-11-6-3-7-12-25/h2-7,9-16,27H,8,17-22H2,1H3,(H,29,34). The lowest BCUT2D eigenvalue weighted by atomic mass is 9.91. The highest BCUT2D eigenvalue weighted by Gasteiger charge is 2.19. The van der Waals surface area contributed by atoms with Gasteiger partial charge in [0.05, 0.1) is 4.90 Å². The molecule has 1 heterocycles. The summed E-state index contributed by atoms with van der Waals surface area (Å²) in [6.45, 7) is 5.26. The van der Waals surface area contributed by atoms with Gasteiger partial charge in [0.15, 0.2) is 14.9 Å². The minimum atomic E-state index is -3.16. The lowest BCUT2D eigenvalue weighted by Crippen LogP contribution is -2.43. The minimum absolute atomic E-state index is 0.230. The van der Waals surface area contributed by atoms with E-state index in [1.54, 1.807) is 12.1 Å². The Balaban J connectivity index is 1.33. The molecule has 0 aliphatic carbocycles. The van der Waals surface area contributed by atoms with Crippen molar-refractivity contribution in [2.75, 3.05) is 39.0 Å². The zero-order valence-electron chi connectivity index (χ0n) is 20.1. The van der Waals surface area contributed by atoms with Crippen molar-refractivity contribution >= 4 is 27.2 Å². The van der Waals surface area contributed by atoms with Gasteiger partial charge in [-0.3, -0.25) is 4.90 Å². The first-order valence-corrected chi connectivity index (χ1v) is 14.3. The van der Waals surface area contributed by atoms with Gasteiger partial charge in [0.25, 0.3) is 0 Å². The molecule has 0 spiro atoms. The van der Waals surface area contributed by atoms with Crippen molar-refractivity contribution in [2.24, 2.45) is 0 Å². The monoisotopic (exact) mass is 507 g/mol. The Morgan fingerprint density at radius 1 is 0.857 bits per heavy atom. The molecule has 1 fully saturated rings. The molecular weight excluding hydrogens is 474 g/mol. The summed E-state index contributed by atoms with van der Waals surface area (Å²) in [7, 11) is -3.16. The van der Waals surface area contributed by atoms with Gasteiger partial charge in [-0.25, -0.2) is 8.42 Å². The van der Waals surface area contributed by atoms with Gasteiger partial charge in [0, 0.05) is 51.4 Å². The molecule has 0 bridgehead atoms. The number of rotatable bonds is 7. The Morgan fingerprint density at radius 2 is 1.46 bits per heavy atom. The van der Waals surface area contributed by atoms with Crippen LogP contribution >= 0.6 is 12.2 Å². The summed E-state index contributed by atoms with van der Waals surface area (Å²) in [4.78, 5) is 5.05. The van der Waals surface area contributed by atoms with Crippen LogP contribution in [0.3, 0.4) is 0 Å². The highest BCUT2D eigenvalue weighted by Crippen LogP contribution is 2.24. The van der Waals surface area contributed by atoms with Crippen LogP contribution < -0.4 is 5.32 Å². The summed E-state index contributed by atoms with van der Waals surface area (Å²) >= 11 is 5.81. The molecule has 184 valence electrons. The summed E-state index contributed by atoms with van der Waals surface area (Å²) in [6, 6.07) is 28.4. The fraction of sp³-hybridized carbons (Fsp3) is 0.321. The number of hydrogen-bond acceptors (Lipinski definition) is 4. The van der Waals surface area contributed by atoms with E-state index in [9.17, 15) is 8.42 Å². The van der Waals surface area contributed by atoms with E-state index in [-0.39, 0.29) is 5.92 Å². The van der Waals surface area contributed by atoms with E-state index in [4.69, 9.17) is 12.2 Å². The number of nitrogens with one attached hydrogen (secondary N) is 1. The van der Waals surface area contributed by atoms with Crippen LogP contribution in [-0.4, -0.2) is 62.3 Å². The second-order valence-corrected chi connectivity index (χ2v) is 11.5. The molecule has 35 heavy (non-hydrogen) atoms. The summed E-state index contributed by atoms with van der Waals surface area (Å²) in [5.74, 6) is 0.230. The van der Waals surface area contributed by atoms with Crippen molar-refractivity contribution in [3.8, 4) is 0 Å². The van der Waals surface area contributed by atoms with E-state index in [2.05, 4.69) is 63.6 Å². The van der Waals surface area contributed by atoms with Crippen LogP contribution in [0.4, 0.5) is 0 Å². The number of sulfone groups is 1. The molecule has 3 aromatic rings. The molecular formula is C28H33N3O2S2. The normalized spacial score (nSPS) is 15.1. The average Bonchev–Trinajstić information content (AvgIpc) is 3.11. The first-order valence-electron chi connectivity index (χ1n) is 12.0. The van der Waals surface area contributed by atoms with Gasteiger partial charge < -0.3 is 10.2 Å². The fourth-order valence-corrected chi connectivity index (χ4v) is 5.43. The Hall–Kier alpha value is -2.74. The number of hydrogen-bond donors (Lipinski definition) is 1. The van der Waals surface area contributed by atoms with E-state index >= 15 is 0 Å². The Labute approximate surface area is 214 Å². The molecule has 1 aliphatic heterocycles. The number of nitrogens with zero attached hydrogens (tertiary/aromatic N) is 2. The maximum atomic E-state index is 11.7. The van der Waals surface area contributed by atoms with Gasteiger partial charge in [0.2, 0.25) is 0 Å². The third-order valence-electron chi connectivity index (χ3n) is 6.49. The molecule has 0 amide bonds. The summed E-state index contributed by atoms with van der Waals surface area (Å²) in [6.07, 6.45) is 2.27. The first kappa shape index (κ1) is 25.4. The molecule has 1 N–H and O–H groups in total. The van der Waals surface area contributed by atoms with Crippen molar-refractivity contribution in [3.63, 3.8) is 0 Å². The van der Waals surface area contributed by atoms with Crippen molar-refractivity contribution in [1.29, 1.82) is 0 Å². The predicted molar refractivity (Wildman–Crippen MR) is 146 cm³/mol. The lowest BCUT2D eigenvalue weighted by molar-refractivity contribution is 0.277. The van der Waals surface area contributed by atoms with E-state index in [0.29, 0.717) is 4.90 Å². The molecule has 5 nitrogen and oxygen atoms in total. The molecule has 0 aromatic heterocycles. The zero-order valence-corrected chi connectivity index (χ0v) is 21.8. The lowest BCUT2D eigenvalue weighted by Gasteiger charge is -2.27. The van der Waals surface area contributed by atoms with Crippen LogP contribution in [0, 0.1) is 0 Å². The largest absolute Gasteiger partial charge is 0.362 e. The second-order valence-electron chi connectivity index (χ2n) is 9.09. The van der Waals surface area contributed by atoms with Gasteiger partial charge in [-0.2, -0.15) is 0 Å².